The van der Waals surface area contributed by atoms with Gasteiger partial charge in [-0.1, -0.05) is 6.07 Å². The van der Waals surface area contributed by atoms with Crippen LogP contribution in [0, 0.1) is 6.92 Å². The van der Waals surface area contributed by atoms with Gasteiger partial charge in [0, 0.05) is 17.2 Å². The Hall–Kier alpha value is -3.16. The molecule has 2 aromatic rings. The van der Waals surface area contributed by atoms with Crippen LogP contribution in [0.1, 0.15) is 36.1 Å². The SMILES string of the molecule is CCOC(=O)CC(c1ccc(OC)c(OC)c1OC)c1c(O)cc(C)[nH]c1=O. The molecule has 1 aromatic heterocycles. The Labute approximate surface area is 163 Å². The summed E-state index contributed by atoms with van der Waals surface area (Å²) < 4.78 is 21.3. The maximum absolute atomic E-state index is 12.6. The molecular formula is C20H25NO7. The Morgan fingerprint density at radius 2 is 1.82 bits per heavy atom. The van der Waals surface area contributed by atoms with Gasteiger partial charge in [-0.05, 0) is 26.0 Å². The van der Waals surface area contributed by atoms with E-state index in [1.807, 2.05) is 0 Å². The number of aryl methyl sites for hydroxylation is 1. The van der Waals surface area contributed by atoms with E-state index in [1.165, 1.54) is 27.4 Å². The Morgan fingerprint density at radius 3 is 2.36 bits per heavy atom. The second-order valence-corrected chi connectivity index (χ2v) is 6.07. The van der Waals surface area contributed by atoms with E-state index in [1.54, 1.807) is 26.0 Å². The number of hydrogen-bond donors (Lipinski definition) is 2. The van der Waals surface area contributed by atoms with Crippen LogP contribution in [0.3, 0.4) is 0 Å². The van der Waals surface area contributed by atoms with Gasteiger partial charge in [0.15, 0.2) is 11.5 Å². The zero-order valence-corrected chi connectivity index (χ0v) is 16.6. The van der Waals surface area contributed by atoms with Crippen molar-refractivity contribution in [1.82, 2.24) is 4.98 Å². The highest BCUT2D eigenvalue weighted by Crippen LogP contribution is 2.45. The number of ether oxygens (including phenoxy) is 4. The molecule has 0 spiro atoms. The molecule has 0 saturated heterocycles. The number of pyridine rings is 1. The summed E-state index contributed by atoms with van der Waals surface area (Å²) in [5.41, 5.74) is 0.533. The number of methoxy groups -OCH3 is 3. The largest absolute Gasteiger partial charge is 0.507 e. The maximum Gasteiger partial charge on any atom is 0.306 e. The van der Waals surface area contributed by atoms with Gasteiger partial charge in [-0.3, -0.25) is 9.59 Å². The molecular weight excluding hydrogens is 366 g/mol. The highest BCUT2D eigenvalue weighted by atomic mass is 16.5. The first-order chi connectivity index (χ1) is 13.4. The van der Waals surface area contributed by atoms with Crippen molar-refractivity contribution < 1.29 is 28.8 Å². The number of aromatic nitrogens is 1. The third-order valence-electron chi connectivity index (χ3n) is 4.32. The predicted molar refractivity (Wildman–Crippen MR) is 103 cm³/mol. The van der Waals surface area contributed by atoms with Crippen molar-refractivity contribution in [3.8, 4) is 23.0 Å². The molecule has 0 radical (unpaired) electrons. The van der Waals surface area contributed by atoms with Gasteiger partial charge >= 0.3 is 5.97 Å². The molecule has 0 amide bonds. The van der Waals surface area contributed by atoms with Gasteiger partial charge in [0.2, 0.25) is 5.75 Å². The van der Waals surface area contributed by atoms with E-state index < -0.39 is 17.4 Å². The molecule has 1 aromatic carbocycles. The zero-order chi connectivity index (χ0) is 20.8. The summed E-state index contributed by atoms with van der Waals surface area (Å²) in [5, 5.41) is 10.5. The topological polar surface area (TPSA) is 107 Å². The lowest BCUT2D eigenvalue weighted by molar-refractivity contribution is -0.143. The molecule has 0 aliphatic heterocycles. The molecule has 8 nitrogen and oxygen atoms in total. The van der Waals surface area contributed by atoms with E-state index in [0.29, 0.717) is 28.5 Å². The van der Waals surface area contributed by atoms with Gasteiger partial charge in [0.1, 0.15) is 5.75 Å². The van der Waals surface area contributed by atoms with Crippen LogP contribution in [-0.4, -0.2) is 44.0 Å². The summed E-state index contributed by atoms with van der Waals surface area (Å²) in [7, 11) is 4.39. The lowest BCUT2D eigenvalue weighted by Gasteiger charge is -2.22. The number of rotatable bonds is 8. The summed E-state index contributed by atoms with van der Waals surface area (Å²) in [5.74, 6) is -0.496. The minimum Gasteiger partial charge on any atom is -0.507 e. The number of benzene rings is 1. The first-order valence-electron chi connectivity index (χ1n) is 8.75. The molecule has 152 valence electrons. The second kappa shape index (κ2) is 9.16. The van der Waals surface area contributed by atoms with Gasteiger partial charge in [0.05, 0.1) is 39.9 Å². The zero-order valence-electron chi connectivity index (χ0n) is 16.6. The fraction of sp³-hybridized carbons (Fsp3) is 0.400. The van der Waals surface area contributed by atoms with E-state index in [9.17, 15) is 14.7 Å². The van der Waals surface area contributed by atoms with E-state index in [4.69, 9.17) is 18.9 Å². The molecule has 1 heterocycles. The lowest BCUT2D eigenvalue weighted by Crippen LogP contribution is -2.21. The van der Waals surface area contributed by atoms with Gasteiger partial charge in [-0.2, -0.15) is 0 Å². The molecule has 0 aliphatic carbocycles. The van der Waals surface area contributed by atoms with Crippen LogP contribution in [0.5, 0.6) is 23.0 Å². The number of aromatic amines is 1. The summed E-state index contributed by atoms with van der Waals surface area (Å²) in [6, 6.07) is 4.75. The molecule has 1 atom stereocenters. The summed E-state index contributed by atoms with van der Waals surface area (Å²) >= 11 is 0. The number of carbonyl (C=O) groups is 1. The molecule has 0 fully saturated rings. The molecule has 28 heavy (non-hydrogen) atoms. The molecule has 2 N–H and O–H groups in total. The van der Waals surface area contributed by atoms with Crippen molar-refractivity contribution in [3.05, 3.63) is 45.4 Å². The van der Waals surface area contributed by atoms with Gasteiger partial charge in [-0.15, -0.1) is 0 Å². The quantitative estimate of drug-likeness (QED) is 0.666. The predicted octanol–water partition coefficient (Wildman–Crippen LogP) is 2.50. The number of esters is 1. The molecule has 0 bridgehead atoms. The van der Waals surface area contributed by atoms with Crippen molar-refractivity contribution >= 4 is 5.97 Å². The third kappa shape index (κ3) is 4.21. The number of carbonyl (C=O) groups excluding carboxylic acids is 1. The van der Waals surface area contributed by atoms with Gasteiger partial charge in [-0.25, -0.2) is 0 Å². The highest BCUT2D eigenvalue weighted by molar-refractivity contribution is 5.73. The standard InChI is InChI=1S/C20H25NO7/c1-6-28-16(23)10-13(17-14(22)9-11(2)21-20(17)24)12-7-8-15(25-3)19(27-5)18(12)26-4/h7-9,13H,6,10H2,1-5H3,(H2,21,22,24). The normalized spacial score (nSPS) is 11.6. The van der Waals surface area contributed by atoms with Crippen molar-refractivity contribution in [1.29, 1.82) is 0 Å². The van der Waals surface area contributed by atoms with Gasteiger partial charge < -0.3 is 29.0 Å². The summed E-state index contributed by atoms with van der Waals surface area (Å²) in [6.07, 6.45) is -0.167. The van der Waals surface area contributed by atoms with Crippen LogP contribution in [0.2, 0.25) is 0 Å². The van der Waals surface area contributed by atoms with Crippen molar-refractivity contribution in [3.63, 3.8) is 0 Å². The molecule has 8 heteroatoms. The van der Waals surface area contributed by atoms with Crippen LogP contribution in [0.4, 0.5) is 0 Å². The summed E-state index contributed by atoms with van der Waals surface area (Å²) in [6.45, 7) is 3.55. The smallest absolute Gasteiger partial charge is 0.306 e. The van der Waals surface area contributed by atoms with Crippen LogP contribution < -0.4 is 19.8 Å². The van der Waals surface area contributed by atoms with Crippen LogP contribution in [0.25, 0.3) is 0 Å². The van der Waals surface area contributed by atoms with E-state index in [0.717, 1.165) is 0 Å². The second-order valence-electron chi connectivity index (χ2n) is 6.07. The first-order valence-corrected chi connectivity index (χ1v) is 8.75. The lowest BCUT2D eigenvalue weighted by atomic mass is 9.87. The van der Waals surface area contributed by atoms with Crippen LogP contribution in [-0.2, 0) is 9.53 Å². The minimum absolute atomic E-state index is 0.0455. The van der Waals surface area contributed by atoms with E-state index in [2.05, 4.69) is 4.98 Å². The maximum atomic E-state index is 12.6. The molecule has 0 aliphatic rings. The van der Waals surface area contributed by atoms with Crippen molar-refractivity contribution in [2.75, 3.05) is 27.9 Å². The van der Waals surface area contributed by atoms with E-state index in [-0.39, 0.29) is 24.3 Å². The molecule has 1 unspecified atom stereocenters. The number of H-pyrrole nitrogens is 1. The van der Waals surface area contributed by atoms with Crippen LogP contribution >= 0.6 is 0 Å². The fourth-order valence-corrected chi connectivity index (χ4v) is 3.17. The fourth-order valence-electron chi connectivity index (χ4n) is 3.17. The Bertz CT molecular complexity index is 904. The highest BCUT2D eigenvalue weighted by Gasteiger charge is 2.30. The number of hydrogen-bond acceptors (Lipinski definition) is 7. The average molecular weight is 391 g/mol. The van der Waals surface area contributed by atoms with Gasteiger partial charge in [0.25, 0.3) is 5.56 Å². The average Bonchev–Trinajstić information content (AvgIpc) is 2.65. The van der Waals surface area contributed by atoms with Crippen molar-refractivity contribution in [2.24, 2.45) is 0 Å². The molecule has 2 rings (SSSR count). The summed E-state index contributed by atoms with van der Waals surface area (Å²) in [4.78, 5) is 27.5. The van der Waals surface area contributed by atoms with Crippen LogP contribution in [0.15, 0.2) is 23.0 Å². The monoisotopic (exact) mass is 391 g/mol. The number of nitrogens with one attached hydrogen (secondary N) is 1. The first kappa shape index (κ1) is 21.1. The third-order valence-corrected chi connectivity index (χ3v) is 4.32. The Morgan fingerprint density at radius 1 is 1.14 bits per heavy atom. The van der Waals surface area contributed by atoms with Crippen molar-refractivity contribution in [2.45, 2.75) is 26.2 Å². The molecule has 0 saturated carbocycles. The minimum atomic E-state index is -0.821. The Kier molecular flexibility index (Phi) is 6.92. The Balaban J connectivity index is 2.74. The number of aromatic hydroxyl groups is 1. The van der Waals surface area contributed by atoms with E-state index >= 15 is 0 Å².